The second kappa shape index (κ2) is 5.29. The Hall–Kier alpha value is -0.860. The second-order valence-electron chi connectivity index (χ2n) is 4.46. The summed E-state index contributed by atoms with van der Waals surface area (Å²) >= 11 is 0. The van der Waals surface area contributed by atoms with E-state index in [4.69, 9.17) is 5.73 Å². The number of benzene rings is 1. The van der Waals surface area contributed by atoms with Gasteiger partial charge in [-0.15, -0.1) is 0 Å². The molecule has 0 unspecified atom stereocenters. The van der Waals surface area contributed by atoms with Crippen molar-refractivity contribution in [1.29, 1.82) is 0 Å². The third-order valence-electron chi connectivity index (χ3n) is 3.19. The van der Waals surface area contributed by atoms with E-state index < -0.39 is 0 Å². The van der Waals surface area contributed by atoms with E-state index >= 15 is 0 Å². The van der Waals surface area contributed by atoms with Crippen LogP contribution in [0.2, 0.25) is 0 Å². The molecule has 0 aromatic heterocycles. The number of likely N-dealkylation sites (tertiary alicyclic amines) is 1. The highest BCUT2D eigenvalue weighted by Crippen LogP contribution is 2.17. The minimum atomic E-state index is 0.711. The van der Waals surface area contributed by atoms with Gasteiger partial charge in [0.1, 0.15) is 0 Å². The molecule has 2 heteroatoms. The normalized spacial score (nSPS) is 22.9. The standard InChI is InChI=1S/C13H20N2/c14-9-13-7-4-8-15(11-13)10-12-5-2-1-3-6-12/h1-3,5-6,13H,4,7-11,14H2/t13-/m1/s1. The number of piperidine rings is 1. The van der Waals surface area contributed by atoms with Crippen molar-refractivity contribution >= 4 is 0 Å². The highest BCUT2D eigenvalue weighted by molar-refractivity contribution is 5.14. The zero-order chi connectivity index (χ0) is 10.5. The molecule has 1 fully saturated rings. The molecule has 1 aliphatic rings. The Labute approximate surface area is 92.1 Å². The first kappa shape index (κ1) is 10.7. The Kier molecular flexibility index (Phi) is 3.75. The van der Waals surface area contributed by atoms with Crippen LogP contribution in [0.4, 0.5) is 0 Å². The smallest absolute Gasteiger partial charge is 0.0233 e. The van der Waals surface area contributed by atoms with Gasteiger partial charge in [0.2, 0.25) is 0 Å². The van der Waals surface area contributed by atoms with E-state index in [0.717, 1.165) is 13.1 Å². The fourth-order valence-electron chi connectivity index (χ4n) is 2.33. The minimum absolute atomic E-state index is 0.711. The van der Waals surface area contributed by atoms with Gasteiger partial charge < -0.3 is 5.73 Å². The van der Waals surface area contributed by atoms with Crippen molar-refractivity contribution in [3.63, 3.8) is 0 Å². The maximum atomic E-state index is 5.73. The van der Waals surface area contributed by atoms with Crippen LogP contribution in [0.1, 0.15) is 18.4 Å². The van der Waals surface area contributed by atoms with Gasteiger partial charge in [-0.2, -0.15) is 0 Å². The Bertz CT molecular complexity index is 284. The first-order chi connectivity index (χ1) is 7.38. The maximum Gasteiger partial charge on any atom is 0.0233 e. The quantitative estimate of drug-likeness (QED) is 0.814. The van der Waals surface area contributed by atoms with Crippen LogP contribution in [0.5, 0.6) is 0 Å². The van der Waals surface area contributed by atoms with Gasteiger partial charge in [-0.25, -0.2) is 0 Å². The number of nitrogens with zero attached hydrogens (tertiary/aromatic N) is 1. The Morgan fingerprint density at radius 3 is 2.80 bits per heavy atom. The van der Waals surface area contributed by atoms with Crippen LogP contribution in [0.25, 0.3) is 0 Å². The average Bonchev–Trinajstić information content (AvgIpc) is 2.31. The topological polar surface area (TPSA) is 29.3 Å². The lowest BCUT2D eigenvalue weighted by molar-refractivity contribution is 0.171. The highest BCUT2D eigenvalue weighted by Gasteiger charge is 2.18. The highest BCUT2D eigenvalue weighted by atomic mass is 15.1. The lowest BCUT2D eigenvalue weighted by Gasteiger charge is -2.32. The Morgan fingerprint density at radius 2 is 2.07 bits per heavy atom. The van der Waals surface area contributed by atoms with Crippen LogP contribution < -0.4 is 5.73 Å². The number of nitrogens with two attached hydrogens (primary N) is 1. The van der Waals surface area contributed by atoms with Gasteiger partial charge in [-0.3, -0.25) is 4.90 Å². The number of hydrogen-bond acceptors (Lipinski definition) is 2. The molecule has 2 N–H and O–H groups in total. The van der Waals surface area contributed by atoms with Gasteiger partial charge in [-0.05, 0) is 37.4 Å². The molecule has 82 valence electrons. The van der Waals surface area contributed by atoms with Crippen molar-refractivity contribution in [3.8, 4) is 0 Å². The molecule has 1 atom stereocenters. The first-order valence-electron chi connectivity index (χ1n) is 5.85. The summed E-state index contributed by atoms with van der Waals surface area (Å²) in [4.78, 5) is 2.52. The van der Waals surface area contributed by atoms with Crippen molar-refractivity contribution in [2.24, 2.45) is 11.7 Å². The fraction of sp³-hybridized carbons (Fsp3) is 0.538. The molecule has 2 rings (SSSR count). The van der Waals surface area contributed by atoms with E-state index in [0.29, 0.717) is 5.92 Å². The fourth-order valence-corrected chi connectivity index (χ4v) is 2.33. The number of rotatable bonds is 3. The first-order valence-corrected chi connectivity index (χ1v) is 5.85. The molecule has 0 radical (unpaired) electrons. The molecule has 0 aliphatic carbocycles. The van der Waals surface area contributed by atoms with Crippen molar-refractivity contribution < 1.29 is 0 Å². The summed E-state index contributed by atoms with van der Waals surface area (Å²) in [6.07, 6.45) is 2.61. The molecule has 15 heavy (non-hydrogen) atoms. The van der Waals surface area contributed by atoms with Crippen molar-refractivity contribution in [2.45, 2.75) is 19.4 Å². The summed E-state index contributed by atoms with van der Waals surface area (Å²) in [7, 11) is 0. The van der Waals surface area contributed by atoms with Gasteiger partial charge >= 0.3 is 0 Å². The molecule has 0 amide bonds. The van der Waals surface area contributed by atoms with Gasteiger partial charge in [0.15, 0.2) is 0 Å². The van der Waals surface area contributed by atoms with Crippen molar-refractivity contribution in [2.75, 3.05) is 19.6 Å². The molecular formula is C13H20N2. The van der Waals surface area contributed by atoms with E-state index in [1.54, 1.807) is 0 Å². The van der Waals surface area contributed by atoms with Crippen LogP contribution in [-0.4, -0.2) is 24.5 Å². The van der Waals surface area contributed by atoms with E-state index in [-0.39, 0.29) is 0 Å². The van der Waals surface area contributed by atoms with E-state index in [9.17, 15) is 0 Å². The molecule has 0 bridgehead atoms. The summed E-state index contributed by atoms with van der Waals surface area (Å²) in [5.74, 6) is 0.711. The van der Waals surface area contributed by atoms with E-state index in [1.165, 1.54) is 31.5 Å². The average molecular weight is 204 g/mol. The van der Waals surface area contributed by atoms with E-state index in [1.807, 2.05) is 0 Å². The predicted molar refractivity (Wildman–Crippen MR) is 63.5 cm³/mol. The molecule has 1 aromatic carbocycles. The zero-order valence-corrected chi connectivity index (χ0v) is 9.23. The minimum Gasteiger partial charge on any atom is -0.330 e. The molecule has 1 saturated heterocycles. The summed E-state index contributed by atoms with van der Waals surface area (Å²) in [5, 5.41) is 0. The van der Waals surface area contributed by atoms with Crippen LogP contribution in [-0.2, 0) is 6.54 Å². The van der Waals surface area contributed by atoms with Crippen LogP contribution in [0, 0.1) is 5.92 Å². The summed E-state index contributed by atoms with van der Waals surface area (Å²) in [6.45, 7) is 4.32. The molecular weight excluding hydrogens is 184 g/mol. The lowest BCUT2D eigenvalue weighted by atomic mass is 9.98. The summed E-state index contributed by atoms with van der Waals surface area (Å²) in [5.41, 5.74) is 7.14. The molecule has 1 aromatic rings. The Balaban J connectivity index is 1.89. The maximum absolute atomic E-state index is 5.73. The van der Waals surface area contributed by atoms with Crippen LogP contribution >= 0.6 is 0 Å². The lowest BCUT2D eigenvalue weighted by Crippen LogP contribution is -2.37. The molecule has 0 saturated carbocycles. The summed E-state index contributed by atoms with van der Waals surface area (Å²) in [6, 6.07) is 10.7. The second-order valence-corrected chi connectivity index (χ2v) is 4.46. The largest absolute Gasteiger partial charge is 0.330 e. The third-order valence-corrected chi connectivity index (χ3v) is 3.19. The predicted octanol–water partition coefficient (Wildman–Crippen LogP) is 1.86. The monoisotopic (exact) mass is 204 g/mol. The van der Waals surface area contributed by atoms with Crippen LogP contribution in [0.15, 0.2) is 30.3 Å². The van der Waals surface area contributed by atoms with Gasteiger partial charge in [0.25, 0.3) is 0 Å². The van der Waals surface area contributed by atoms with Gasteiger partial charge in [0.05, 0.1) is 0 Å². The molecule has 0 spiro atoms. The van der Waals surface area contributed by atoms with Gasteiger partial charge in [0, 0.05) is 13.1 Å². The van der Waals surface area contributed by atoms with E-state index in [2.05, 4.69) is 35.2 Å². The van der Waals surface area contributed by atoms with Crippen LogP contribution in [0.3, 0.4) is 0 Å². The molecule has 1 aliphatic heterocycles. The molecule has 1 heterocycles. The zero-order valence-electron chi connectivity index (χ0n) is 9.23. The summed E-state index contributed by atoms with van der Waals surface area (Å²) < 4.78 is 0. The third kappa shape index (κ3) is 3.05. The van der Waals surface area contributed by atoms with Crippen molar-refractivity contribution in [1.82, 2.24) is 4.90 Å². The SMILES string of the molecule is NC[C@H]1CCCN(Cc2ccccc2)C1. The van der Waals surface area contributed by atoms with Crippen molar-refractivity contribution in [3.05, 3.63) is 35.9 Å². The van der Waals surface area contributed by atoms with Gasteiger partial charge in [-0.1, -0.05) is 30.3 Å². The Morgan fingerprint density at radius 1 is 1.27 bits per heavy atom. The number of hydrogen-bond donors (Lipinski definition) is 1. The molecule has 2 nitrogen and oxygen atoms in total.